The van der Waals surface area contributed by atoms with Crippen molar-refractivity contribution in [2.24, 2.45) is 7.05 Å². The van der Waals surface area contributed by atoms with Crippen LogP contribution in [-0.4, -0.2) is 16.8 Å². The van der Waals surface area contributed by atoms with Gasteiger partial charge in [-0.1, -0.05) is 38.6 Å². The van der Waals surface area contributed by atoms with Crippen molar-refractivity contribution in [2.45, 2.75) is 26.2 Å². The average Bonchev–Trinajstić information content (AvgIpc) is 2.96. The molecule has 0 amide bonds. The number of rotatable bonds is 1. The fourth-order valence-corrected chi connectivity index (χ4v) is 2.63. The number of aryl methyl sites for hydroxylation is 1. The van der Waals surface area contributed by atoms with Crippen LogP contribution in [0.1, 0.15) is 32.0 Å². The van der Waals surface area contributed by atoms with Crippen LogP contribution in [0.5, 0.6) is 5.75 Å². The number of aromatic nitrogens is 2. The summed E-state index contributed by atoms with van der Waals surface area (Å²) in [7, 11) is 3.64. The summed E-state index contributed by atoms with van der Waals surface area (Å²) in [5.74, 6) is 1.37. The summed E-state index contributed by atoms with van der Waals surface area (Å²) in [6, 6.07) is 7.79. The molecule has 2 heterocycles. The molecule has 1 aromatic heterocycles. The second-order valence-corrected chi connectivity index (χ2v) is 6.74. The number of benzene rings is 1. The highest BCUT2D eigenvalue weighted by molar-refractivity contribution is 5.66. The van der Waals surface area contributed by atoms with Crippen LogP contribution in [0.15, 0.2) is 40.7 Å². The smallest absolute Gasteiger partial charge is 0.274 e. The largest absolute Gasteiger partial charge is 0.432 e. The van der Waals surface area contributed by atoms with Crippen LogP contribution in [-0.2, 0) is 12.5 Å². The van der Waals surface area contributed by atoms with E-state index in [0.717, 1.165) is 17.1 Å². The summed E-state index contributed by atoms with van der Waals surface area (Å²) in [6.07, 6.45) is 1.71. The zero-order chi connectivity index (χ0) is 16.8. The molecule has 2 aromatic rings. The van der Waals surface area contributed by atoms with E-state index in [2.05, 4.69) is 31.6 Å². The van der Waals surface area contributed by atoms with Crippen molar-refractivity contribution in [1.82, 2.24) is 9.78 Å². The van der Waals surface area contributed by atoms with Crippen LogP contribution in [0, 0.1) is 0 Å². The Labute approximate surface area is 135 Å². The molecule has 0 unspecified atom stereocenters. The third-order valence-corrected chi connectivity index (χ3v) is 3.91. The Morgan fingerprint density at radius 1 is 1.22 bits per heavy atom. The predicted molar refractivity (Wildman–Crippen MR) is 91.7 cm³/mol. The molecule has 120 valence electrons. The maximum Gasteiger partial charge on any atom is 0.274 e. The second kappa shape index (κ2) is 5.21. The quantitative estimate of drug-likeness (QED) is 0.824. The zero-order valence-electron chi connectivity index (χ0n) is 14.1. The Bertz CT molecular complexity index is 874. The maximum absolute atomic E-state index is 12.3. The van der Waals surface area contributed by atoms with Crippen molar-refractivity contribution in [3.05, 3.63) is 57.5 Å². The van der Waals surface area contributed by atoms with Crippen molar-refractivity contribution in [3.8, 4) is 5.75 Å². The molecule has 0 saturated heterocycles. The first kappa shape index (κ1) is 15.3. The van der Waals surface area contributed by atoms with Crippen molar-refractivity contribution in [1.29, 1.82) is 0 Å². The van der Waals surface area contributed by atoms with Gasteiger partial charge in [0.2, 0.25) is 5.88 Å². The summed E-state index contributed by atoms with van der Waals surface area (Å²) in [4.78, 5) is 14.3. The highest BCUT2D eigenvalue weighted by Gasteiger charge is 2.24. The van der Waals surface area contributed by atoms with Gasteiger partial charge in [0.15, 0.2) is 5.75 Å². The molecule has 5 heteroatoms. The van der Waals surface area contributed by atoms with Crippen LogP contribution >= 0.6 is 0 Å². The van der Waals surface area contributed by atoms with Gasteiger partial charge in [0.05, 0.1) is 16.9 Å². The number of nitrogens with zero attached hydrogens (tertiary/aromatic N) is 2. The first-order valence-corrected chi connectivity index (χ1v) is 7.56. The fourth-order valence-electron chi connectivity index (χ4n) is 2.63. The highest BCUT2D eigenvalue weighted by Crippen LogP contribution is 2.36. The van der Waals surface area contributed by atoms with E-state index in [0.29, 0.717) is 11.4 Å². The van der Waals surface area contributed by atoms with Gasteiger partial charge >= 0.3 is 0 Å². The van der Waals surface area contributed by atoms with Gasteiger partial charge in [-0.15, -0.1) is 0 Å². The van der Waals surface area contributed by atoms with Gasteiger partial charge in [0.25, 0.3) is 5.56 Å². The van der Waals surface area contributed by atoms with Gasteiger partial charge < -0.3 is 9.64 Å². The molecule has 3 rings (SSSR count). The number of fused-ring (bicyclic) bond motifs is 1. The molecule has 5 nitrogen and oxygen atoms in total. The van der Waals surface area contributed by atoms with Crippen LogP contribution in [0.4, 0.5) is 5.69 Å². The van der Waals surface area contributed by atoms with E-state index in [1.807, 2.05) is 36.2 Å². The minimum atomic E-state index is -0.163. The number of anilines is 1. The molecule has 1 aliphatic heterocycles. The monoisotopic (exact) mass is 311 g/mol. The molecule has 0 aliphatic carbocycles. The van der Waals surface area contributed by atoms with Gasteiger partial charge in [0, 0.05) is 25.6 Å². The zero-order valence-corrected chi connectivity index (χ0v) is 14.1. The lowest BCUT2D eigenvalue weighted by Crippen LogP contribution is -2.15. The number of nitrogens with one attached hydrogen (secondary N) is 1. The number of para-hydroxylation sites is 2. The van der Waals surface area contributed by atoms with Crippen molar-refractivity contribution >= 4 is 11.8 Å². The van der Waals surface area contributed by atoms with E-state index in [9.17, 15) is 4.79 Å². The molecule has 1 aromatic carbocycles. The second-order valence-electron chi connectivity index (χ2n) is 6.74. The van der Waals surface area contributed by atoms with E-state index >= 15 is 0 Å². The van der Waals surface area contributed by atoms with Gasteiger partial charge in [-0.3, -0.25) is 14.6 Å². The molecule has 0 saturated carbocycles. The molecule has 0 fully saturated rings. The average molecular weight is 311 g/mol. The van der Waals surface area contributed by atoms with Crippen LogP contribution in [0.25, 0.3) is 6.08 Å². The first-order valence-electron chi connectivity index (χ1n) is 7.56. The molecular weight excluding hydrogens is 290 g/mol. The Morgan fingerprint density at radius 3 is 2.57 bits per heavy atom. The van der Waals surface area contributed by atoms with E-state index < -0.39 is 0 Å². The van der Waals surface area contributed by atoms with Gasteiger partial charge in [-0.05, 0) is 12.1 Å². The van der Waals surface area contributed by atoms with E-state index in [1.54, 1.807) is 13.1 Å². The minimum absolute atomic E-state index is 0.0683. The number of hydrogen-bond acceptors (Lipinski definition) is 3. The summed E-state index contributed by atoms with van der Waals surface area (Å²) in [5.41, 5.74) is 5.38. The van der Waals surface area contributed by atoms with Crippen LogP contribution in [0.3, 0.4) is 0 Å². The topological polar surface area (TPSA) is 50.3 Å². The maximum atomic E-state index is 12.3. The molecule has 0 spiro atoms. The molecular formula is C18H21N3O2. The molecule has 0 atom stereocenters. The normalized spacial score (nSPS) is 13.6. The van der Waals surface area contributed by atoms with E-state index in [1.165, 1.54) is 4.68 Å². The summed E-state index contributed by atoms with van der Waals surface area (Å²) in [5, 5.41) is 3.13. The Morgan fingerprint density at radius 2 is 1.91 bits per heavy atom. The van der Waals surface area contributed by atoms with E-state index in [4.69, 9.17) is 4.74 Å². The summed E-state index contributed by atoms with van der Waals surface area (Å²) < 4.78 is 7.29. The van der Waals surface area contributed by atoms with Gasteiger partial charge in [0.1, 0.15) is 0 Å². The number of hydrogen-bond donors (Lipinski definition) is 1. The molecule has 0 radical (unpaired) electrons. The number of aromatic amines is 1. The first-order chi connectivity index (χ1) is 10.8. The summed E-state index contributed by atoms with van der Waals surface area (Å²) in [6.45, 7) is 6.20. The number of H-pyrrole nitrogens is 1. The lowest BCUT2D eigenvalue weighted by Gasteiger charge is -2.17. The molecule has 1 aliphatic rings. The van der Waals surface area contributed by atoms with E-state index in [-0.39, 0.29) is 11.0 Å². The fraction of sp³-hybridized carbons (Fsp3) is 0.333. The lowest BCUT2D eigenvalue weighted by atomic mass is 9.89. The third-order valence-electron chi connectivity index (χ3n) is 3.91. The van der Waals surface area contributed by atoms with Crippen molar-refractivity contribution in [2.75, 3.05) is 11.9 Å². The standard InChI is InChI=1S/C18H21N3O2/c1-18(2,3)16-12(17(22)21(5)19-16)10-11-15-20(4)13-8-6-7-9-14(13)23-15/h6-10,19H,1-5H3. The van der Waals surface area contributed by atoms with Gasteiger partial charge in [-0.2, -0.15) is 0 Å². The van der Waals surface area contributed by atoms with Crippen molar-refractivity contribution < 1.29 is 4.74 Å². The molecule has 0 bridgehead atoms. The lowest BCUT2D eigenvalue weighted by molar-refractivity contribution is 0.445. The highest BCUT2D eigenvalue weighted by atomic mass is 16.5. The SMILES string of the molecule is CN1C(=C=Cc2c(C(C)(C)C)[nH]n(C)c2=O)Oc2ccccc21. The van der Waals surface area contributed by atoms with Crippen molar-refractivity contribution in [3.63, 3.8) is 0 Å². The predicted octanol–water partition coefficient (Wildman–Crippen LogP) is 2.99. The third kappa shape index (κ3) is 2.60. The number of ether oxygens (including phenoxy) is 1. The van der Waals surface area contributed by atoms with Crippen LogP contribution < -0.4 is 15.2 Å². The Kier molecular flexibility index (Phi) is 3.46. The summed E-state index contributed by atoms with van der Waals surface area (Å²) >= 11 is 0. The Hall–Kier alpha value is -2.65. The molecule has 23 heavy (non-hydrogen) atoms. The minimum Gasteiger partial charge on any atom is -0.432 e. The Balaban J connectivity index is 2.07. The van der Waals surface area contributed by atoms with Gasteiger partial charge in [-0.25, -0.2) is 0 Å². The molecule has 1 N–H and O–H groups in total. The van der Waals surface area contributed by atoms with Crippen LogP contribution in [0.2, 0.25) is 0 Å².